The fourth-order valence-corrected chi connectivity index (χ4v) is 4.74. The zero-order chi connectivity index (χ0) is 17.9. The molecular formula is C19H21BrClNO2S. The van der Waals surface area contributed by atoms with Crippen LogP contribution in [0, 0.1) is 0 Å². The summed E-state index contributed by atoms with van der Waals surface area (Å²) in [4.78, 5) is 16.6. The summed E-state index contributed by atoms with van der Waals surface area (Å²) in [6, 6.07) is 12.0. The predicted molar refractivity (Wildman–Crippen MR) is 106 cm³/mol. The topological polar surface area (TPSA) is 29.5 Å². The molecule has 2 aromatic rings. The van der Waals surface area contributed by atoms with E-state index in [1.54, 1.807) is 0 Å². The van der Waals surface area contributed by atoms with Crippen molar-refractivity contribution in [2.24, 2.45) is 0 Å². The van der Waals surface area contributed by atoms with Crippen molar-refractivity contribution < 1.29 is 9.53 Å². The molecule has 3 nitrogen and oxygen atoms in total. The first kappa shape index (κ1) is 18.9. The van der Waals surface area contributed by atoms with Gasteiger partial charge < -0.3 is 9.64 Å². The molecule has 1 aromatic heterocycles. The minimum Gasteiger partial charge on any atom is -0.381 e. The maximum absolute atomic E-state index is 13.6. The van der Waals surface area contributed by atoms with Crippen LogP contribution in [0.4, 0.5) is 0 Å². The molecule has 0 radical (unpaired) electrons. The highest BCUT2D eigenvalue weighted by Gasteiger charge is 2.43. The lowest BCUT2D eigenvalue weighted by Crippen LogP contribution is -2.49. The van der Waals surface area contributed by atoms with Gasteiger partial charge in [-0.1, -0.05) is 39.7 Å². The normalized spacial score (nSPS) is 16.6. The molecule has 1 saturated heterocycles. The monoisotopic (exact) mass is 441 g/mol. The third-order valence-electron chi connectivity index (χ3n) is 4.80. The maximum Gasteiger partial charge on any atom is 0.233 e. The molecule has 1 fully saturated rings. The molecule has 1 aliphatic rings. The molecule has 1 aliphatic heterocycles. The number of rotatable bonds is 5. The van der Waals surface area contributed by atoms with E-state index in [4.69, 9.17) is 16.3 Å². The standard InChI is InChI=1S/C19H21BrClNO2S/c1-2-22(13-16-7-8-17(21)25-16)18(23)19(9-11-24-12-10-19)14-3-5-15(20)6-4-14/h3-8H,2,9-13H2,1H3. The van der Waals surface area contributed by atoms with Crippen LogP contribution in [-0.2, 0) is 21.5 Å². The van der Waals surface area contributed by atoms with E-state index < -0.39 is 5.41 Å². The van der Waals surface area contributed by atoms with Gasteiger partial charge in [0.1, 0.15) is 0 Å². The van der Waals surface area contributed by atoms with Gasteiger partial charge in [0.25, 0.3) is 0 Å². The Bertz CT molecular complexity index is 725. The fraction of sp³-hybridized carbons (Fsp3) is 0.421. The van der Waals surface area contributed by atoms with Crippen LogP contribution >= 0.6 is 38.9 Å². The summed E-state index contributed by atoms with van der Waals surface area (Å²) >= 11 is 11.1. The highest BCUT2D eigenvalue weighted by molar-refractivity contribution is 9.10. The Morgan fingerprint density at radius 3 is 2.48 bits per heavy atom. The smallest absolute Gasteiger partial charge is 0.233 e. The predicted octanol–water partition coefficient (Wildman–Crippen LogP) is 5.26. The van der Waals surface area contributed by atoms with E-state index in [1.807, 2.05) is 36.1 Å². The number of carbonyl (C=O) groups is 1. The zero-order valence-electron chi connectivity index (χ0n) is 14.1. The molecule has 2 heterocycles. The first-order chi connectivity index (χ1) is 12.0. The SMILES string of the molecule is CCN(Cc1ccc(Cl)s1)C(=O)C1(c2ccc(Br)cc2)CCOCC1. The Morgan fingerprint density at radius 1 is 1.24 bits per heavy atom. The zero-order valence-corrected chi connectivity index (χ0v) is 17.3. The molecule has 0 N–H and O–H groups in total. The van der Waals surface area contributed by atoms with E-state index in [0.717, 1.165) is 32.1 Å². The van der Waals surface area contributed by atoms with Crippen LogP contribution in [0.2, 0.25) is 4.34 Å². The maximum atomic E-state index is 13.6. The quantitative estimate of drug-likeness (QED) is 0.632. The number of amides is 1. The van der Waals surface area contributed by atoms with E-state index in [1.165, 1.54) is 11.3 Å². The van der Waals surface area contributed by atoms with Crippen molar-refractivity contribution in [2.45, 2.75) is 31.7 Å². The van der Waals surface area contributed by atoms with Gasteiger partial charge in [-0.25, -0.2) is 0 Å². The Kier molecular flexibility index (Phi) is 6.21. The number of halogens is 2. The van der Waals surface area contributed by atoms with Gasteiger partial charge in [-0.2, -0.15) is 0 Å². The Hall–Kier alpha value is -0.880. The minimum atomic E-state index is -0.504. The summed E-state index contributed by atoms with van der Waals surface area (Å²) < 4.78 is 7.34. The van der Waals surface area contributed by atoms with Gasteiger partial charge in [0.05, 0.1) is 16.3 Å². The Morgan fingerprint density at radius 2 is 1.92 bits per heavy atom. The van der Waals surface area contributed by atoms with Gasteiger partial charge in [0.2, 0.25) is 5.91 Å². The van der Waals surface area contributed by atoms with Crippen molar-refractivity contribution in [3.63, 3.8) is 0 Å². The van der Waals surface area contributed by atoms with Crippen LogP contribution in [0.1, 0.15) is 30.2 Å². The van der Waals surface area contributed by atoms with Gasteiger partial charge in [0.15, 0.2) is 0 Å². The summed E-state index contributed by atoms with van der Waals surface area (Å²) in [6.45, 7) is 4.54. The molecule has 0 unspecified atom stereocenters. The van der Waals surface area contributed by atoms with Crippen LogP contribution < -0.4 is 0 Å². The van der Waals surface area contributed by atoms with Crippen molar-refractivity contribution in [2.75, 3.05) is 19.8 Å². The van der Waals surface area contributed by atoms with E-state index in [0.29, 0.717) is 26.3 Å². The van der Waals surface area contributed by atoms with E-state index in [9.17, 15) is 4.79 Å². The number of thiophene rings is 1. The summed E-state index contributed by atoms with van der Waals surface area (Å²) in [6.07, 6.45) is 1.43. The van der Waals surface area contributed by atoms with Gasteiger partial charge in [-0.15, -0.1) is 11.3 Å². The van der Waals surface area contributed by atoms with Gasteiger partial charge in [-0.3, -0.25) is 4.79 Å². The van der Waals surface area contributed by atoms with E-state index in [-0.39, 0.29) is 5.91 Å². The van der Waals surface area contributed by atoms with Crippen molar-refractivity contribution in [3.05, 3.63) is 55.6 Å². The molecule has 0 bridgehead atoms. The lowest BCUT2D eigenvalue weighted by atomic mass is 9.73. The number of carbonyl (C=O) groups excluding carboxylic acids is 1. The second-order valence-electron chi connectivity index (χ2n) is 6.23. The highest BCUT2D eigenvalue weighted by atomic mass is 79.9. The van der Waals surface area contributed by atoms with Crippen LogP contribution in [0.5, 0.6) is 0 Å². The molecule has 1 amide bonds. The third kappa shape index (κ3) is 4.11. The molecule has 0 aliphatic carbocycles. The van der Waals surface area contributed by atoms with E-state index >= 15 is 0 Å². The minimum absolute atomic E-state index is 0.185. The first-order valence-corrected chi connectivity index (χ1v) is 10.4. The number of hydrogen-bond acceptors (Lipinski definition) is 3. The average Bonchev–Trinajstić information content (AvgIpc) is 3.05. The van der Waals surface area contributed by atoms with Crippen LogP contribution in [0.25, 0.3) is 0 Å². The Labute approximate surface area is 166 Å². The summed E-state index contributed by atoms with van der Waals surface area (Å²) in [7, 11) is 0. The summed E-state index contributed by atoms with van der Waals surface area (Å²) in [5, 5.41) is 0. The number of nitrogens with zero attached hydrogens (tertiary/aromatic N) is 1. The molecule has 1 aromatic carbocycles. The van der Waals surface area contributed by atoms with Crippen molar-refractivity contribution in [1.82, 2.24) is 4.90 Å². The molecule has 0 saturated carbocycles. The van der Waals surface area contributed by atoms with Crippen molar-refractivity contribution in [3.8, 4) is 0 Å². The third-order valence-corrected chi connectivity index (χ3v) is 6.54. The van der Waals surface area contributed by atoms with Crippen LogP contribution in [-0.4, -0.2) is 30.6 Å². The molecule has 134 valence electrons. The van der Waals surface area contributed by atoms with Crippen molar-refractivity contribution in [1.29, 1.82) is 0 Å². The van der Waals surface area contributed by atoms with Gasteiger partial charge in [-0.05, 0) is 49.6 Å². The summed E-state index contributed by atoms with van der Waals surface area (Å²) in [5.41, 5.74) is 0.572. The second-order valence-corrected chi connectivity index (χ2v) is 8.94. The summed E-state index contributed by atoms with van der Waals surface area (Å²) in [5.74, 6) is 0.185. The number of benzene rings is 1. The van der Waals surface area contributed by atoms with Gasteiger partial charge in [0, 0.05) is 29.1 Å². The van der Waals surface area contributed by atoms with Gasteiger partial charge >= 0.3 is 0 Å². The number of hydrogen-bond donors (Lipinski definition) is 0. The number of likely N-dealkylation sites (N-methyl/N-ethyl adjacent to an activating group) is 1. The average molecular weight is 443 g/mol. The number of ether oxygens (including phenoxy) is 1. The molecule has 6 heteroatoms. The van der Waals surface area contributed by atoms with E-state index in [2.05, 4.69) is 28.1 Å². The lowest BCUT2D eigenvalue weighted by molar-refractivity contribution is -0.141. The van der Waals surface area contributed by atoms with Crippen LogP contribution in [0.3, 0.4) is 0 Å². The molecule has 0 spiro atoms. The largest absolute Gasteiger partial charge is 0.381 e. The second kappa shape index (κ2) is 8.21. The Balaban J connectivity index is 1.91. The molecule has 25 heavy (non-hydrogen) atoms. The lowest BCUT2D eigenvalue weighted by Gasteiger charge is -2.40. The molecule has 0 atom stereocenters. The first-order valence-electron chi connectivity index (χ1n) is 8.42. The molecular weight excluding hydrogens is 422 g/mol. The molecule has 3 rings (SSSR count). The highest BCUT2D eigenvalue weighted by Crippen LogP contribution is 2.38. The fourth-order valence-electron chi connectivity index (χ4n) is 3.37. The van der Waals surface area contributed by atoms with Crippen LogP contribution in [0.15, 0.2) is 40.9 Å². The van der Waals surface area contributed by atoms with Crippen molar-refractivity contribution >= 4 is 44.8 Å².